The maximum absolute atomic E-state index is 10.4. The number of carboxylic acids is 1. The summed E-state index contributed by atoms with van der Waals surface area (Å²) in [6, 6.07) is 11.6. The monoisotopic (exact) mass is 326 g/mol. The van der Waals surface area contributed by atoms with E-state index in [-0.39, 0.29) is 5.75 Å². The average Bonchev–Trinajstić information content (AvgIpc) is 2.78. The number of halogens is 1. The second kappa shape index (κ2) is 6.11. The number of hydrogen-bond donors (Lipinski definition) is 1. The molecule has 1 aromatic carbocycles. The number of furan rings is 1. The van der Waals surface area contributed by atoms with Crippen molar-refractivity contribution in [3.63, 3.8) is 0 Å². The van der Waals surface area contributed by atoms with Crippen LogP contribution in [0.1, 0.15) is 5.76 Å². The second-order valence-corrected chi connectivity index (χ2v) is 5.56. The van der Waals surface area contributed by atoms with Crippen LogP contribution in [-0.2, 0) is 10.5 Å². The zero-order chi connectivity index (χ0) is 13.0. The lowest BCUT2D eigenvalue weighted by atomic mass is 10.2. The van der Waals surface area contributed by atoms with Crippen LogP contribution in [0.5, 0.6) is 0 Å². The molecule has 0 spiro atoms. The number of thioether (sulfide) groups is 1. The molecule has 0 bridgehead atoms. The Kier molecular flexibility index (Phi) is 4.49. The van der Waals surface area contributed by atoms with Gasteiger partial charge in [0.25, 0.3) is 0 Å². The Bertz CT molecular complexity index is 533. The van der Waals surface area contributed by atoms with E-state index < -0.39 is 5.97 Å². The Hall–Kier alpha value is -1.20. The molecule has 0 saturated carbocycles. The minimum atomic E-state index is -0.806. The molecule has 1 heterocycles. The summed E-state index contributed by atoms with van der Waals surface area (Å²) >= 11 is 4.71. The fraction of sp³-hybridized carbons (Fsp3) is 0.154. The number of benzene rings is 1. The van der Waals surface area contributed by atoms with Crippen LogP contribution in [0.3, 0.4) is 0 Å². The molecule has 0 amide bonds. The van der Waals surface area contributed by atoms with Gasteiger partial charge in [-0.2, -0.15) is 0 Å². The van der Waals surface area contributed by atoms with Crippen LogP contribution in [0, 0.1) is 0 Å². The van der Waals surface area contributed by atoms with Gasteiger partial charge in [0.2, 0.25) is 0 Å². The molecule has 2 rings (SSSR count). The van der Waals surface area contributed by atoms with E-state index in [1.807, 2.05) is 36.4 Å². The third kappa shape index (κ3) is 3.65. The summed E-state index contributed by atoms with van der Waals surface area (Å²) in [4.78, 5) is 10.4. The third-order valence-corrected chi connectivity index (χ3v) is 3.73. The van der Waals surface area contributed by atoms with Crippen molar-refractivity contribution in [2.75, 3.05) is 5.75 Å². The molecule has 0 unspecified atom stereocenters. The predicted molar refractivity (Wildman–Crippen MR) is 75.6 cm³/mol. The first kappa shape index (κ1) is 13.2. The van der Waals surface area contributed by atoms with Crippen LogP contribution in [0.2, 0.25) is 0 Å². The van der Waals surface area contributed by atoms with Gasteiger partial charge in [0.15, 0.2) is 0 Å². The van der Waals surface area contributed by atoms with E-state index in [0.29, 0.717) is 5.75 Å². The summed E-state index contributed by atoms with van der Waals surface area (Å²) in [7, 11) is 0. The molecular formula is C13H11BrO3S. The zero-order valence-corrected chi connectivity index (χ0v) is 11.8. The van der Waals surface area contributed by atoms with E-state index in [2.05, 4.69) is 15.9 Å². The quantitative estimate of drug-likeness (QED) is 0.901. The van der Waals surface area contributed by atoms with Crippen molar-refractivity contribution in [1.82, 2.24) is 0 Å². The smallest absolute Gasteiger partial charge is 0.313 e. The summed E-state index contributed by atoms with van der Waals surface area (Å²) in [6.45, 7) is 0. The van der Waals surface area contributed by atoms with Crippen molar-refractivity contribution in [1.29, 1.82) is 0 Å². The van der Waals surface area contributed by atoms with Crippen LogP contribution in [0.25, 0.3) is 11.3 Å². The summed E-state index contributed by atoms with van der Waals surface area (Å²) in [5.74, 6) is 1.45. The van der Waals surface area contributed by atoms with Gasteiger partial charge in [0.05, 0.1) is 11.5 Å². The molecular weight excluding hydrogens is 316 g/mol. The van der Waals surface area contributed by atoms with Gasteiger partial charge in [-0.3, -0.25) is 4.79 Å². The third-order valence-electron chi connectivity index (χ3n) is 2.26. The minimum Gasteiger partial charge on any atom is -0.481 e. The van der Waals surface area contributed by atoms with Crippen molar-refractivity contribution >= 4 is 33.7 Å². The van der Waals surface area contributed by atoms with Crippen molar-refractivity contribution in [2.24, 2.45) is 0 Å². The van der Waals surface area contributed by atoms with Gasteiger partial charge in [-0.15, -0.1) is 11.8 Å². The molecule has 1 N–H and O–H groups in total. The standard InChI is InChI=1S/C13H11BrO3S/c14-10-3-1-9(2-4-10)12-6-5-11(17-12)7-18-8-13(15)16/h1-6H,7-8H2,(H,15,16). The van der Waals surface area contributed by atoms with E-state index in [0.717, 1.165) is 21.6 Å². The van der Waals surface area contributed by atoms with Gasteiger partial charge >= 0.3 is 5.97 Å². The molecule has 1 aromatic heterocycles. The second-order valence-electron chi connectivity index (χ2n) is 3.66. The molecule has 0 aliphatic heterocycles. The normalized spacial score (nSPS) is 10.5. The van der Waals surface area contributed by atoms with Crippen LogP contribution in [-0.4, -0.2) is 16.8 Å². The van der Waals surface area contributed by atoms with E-state index in [1.54, 1.807) is 0 Å². The highest BCUT2D eigenvalue weighted by atomic mass is 79.9. The lowest BCUT2D eigenvalue weighted by Crippen LogP contribution is -1.97. The van der Waals surface area contributed by atoms with E-state index >= 15 is 0 Å². The van der Waals surface area contributed by atoms with Gasteiger partial charge in [-0.25, -0.2) is 0 Å². The molecule has 18 heavy (non-hydrogen) atoms. The molecule has 0 aliphatic carbocycles. The molecule has 94 valence electrons. The Morgan fingerprint density at radius 2 is 1.94 bits per heavy atom. The fourth-order valence-corrected chi connectivity index (χ4v) is 2.36. The average molecular weight is 327 g/mol. The summed E-state index contributed by atoms with van der Waals surface area (Å²) in [6.07, 6.45) is 0. The minimum absolute atomic E-state index is 0.0916. The lowest BCUT2D eigenvalue weighted by molar-refractivity contribution is -0.133. The number of aliphatic carboxylic acids is 1. The van der Waals surface area contributed by atoms with Crippen molar-refractivity contribution in [3.8, 4) is 11.3 Å². The lowest BCUT2D eigenvalue weighted by Gasteiger charge is -1.98. The van der Waals surface area contributed by atoms with Gasteiger partial charge in [-0.1, -0.05) is 28.1 Å². The molecule has 0 aliphatic rings. The molecule has 0 fully saturated rings. The van der Waals surface area contributed by atoms with Gasteiger partial charge in [0.1, 0.15) is 11.5 Å². The molecule has 5 heteroatoms. The fourth-order valence-electron chi connectivity index (χ4n) is 1.46. The Balaban J connectivity index is 2.01. The molecule has 3 nitrogen and oxygen atoms in total. The molecule has 0 radical (unpaired) electrons. The largest absolute Gasteiger partial charge is 0.481 e. The SMILES string of the molecule is O=C(O)CSCc1ccc(-c2ccc(Br)cc2)o1. The molecule has 0 atom stereocenters. The summed E-state index contributed by atoms with van der Waals surface area (Å²) < 4.78 is 6.69. The number of hydrogen-bond acceptors (Lipinski definition) is 3. The first-order valence-corrected chi connectivity index (χ1v) is 7.24. The van der Waals surface area contributed by atoms with E-state index in [9.17, 15) is 4.79 Å². The number of rotatable bonds is 5. The van der Waals surface area contributed by atoms with Gasteiger partial charge in [0, 0.05) is 10.0 Å². The summed E-state index contributed by atoms with van der Waals surface area (Å²) in [5.41, 5.74) is 1.01. The van der Waals surface area contributed by atoms with E-state index in [4.69, 9.17) is 9.52 Å². The maximum atomic E-state index is 10.4. The van der Waals surface area contributed by atoms with Gasteiger partial charge in [-0.05, 0) is 24.3 Å². The van der Waals surface area contributed by atoms with Crippen molar-refractivity contribution in [2.45, 2.75) is 5.75 Å². The number of carbonyl (C=O) groups is 1. The molecule has 2 aromatic rings. The van der Waals surface area contributed by atoms with E-state index in [1.165, 1.54) is 11.8 Å². The first-order chi connectivity index (χ1) is 8.65. The van der Waals surface area contributed by atoms with Crippen molar-refractivity contribution < 1.29 is 14.3 Å². The highest BCUT2D eigenvalue weighted by Gasteiger charge is 2.05. The van der Waals surface area contributed by atoms with Crippen LogP contribution in [0.4, 0.5) is 0 Å². The maximum Gasteiger partial charge on any atom is 0.313 e. The van der Waals surface area contributed by atoms with Gasteiger partial charge < -0.3 is 9.52 Å². The molecule has 0 saturated heterocycles. The Labute approximate surface area is 117 Å². The van der Waals surface area contributed by atoms with Crippen LogP contribution < -0.4 is 0 Å². The summed E-state index contributed by atoms with van der Waals surface area (Å²) in [5, 5.41) is 8.54. The predicted octanol–water partition coefficient (Wildman–Crippen LogP) is 4.03. The highest BCUT2D eigenvalue weighted by molar-refractivity contribution is 9.10. The highest BCUT2D eigenvalue weighted by Crippen LogP contribution is 2.25. The van der Waals surface area contributed by atoms with Crippen molar-refractivity contribution in [3.05, 3.63) is 46.6 Å². The number of carboxylic acid groups (broad SMARTS) is 1. The van der Waals surface area contributed by atoms with Crippen LogP contribution in [0.15, 0.2) is 45.3 Å². The Morgan fingerprint density at radius 1 is 1.22 bits per heavy atom. The first-order valence-electron chi connectivity index (χ1n) is 5.29. The zero-order valence-electron chi connectivity index (χ0n) is 9.43. The Morgan fingerprint density at radius 3 is 2.61 bits per heavy atom. The topological polar surface area (TPSA) is 50.4 Å². The van der Waals surface area contributed by atoms with Crippen LogP contribution >= 0.6 is 27.7 Å².